The summed E-state index contributed by atoms with van der Waals surface area (Å²) in [5.74, 6) is 1.05. The van der Waals surface area contributed by atoms with Crippen LogP contribution in [0.2, 0.25) is 0 Å². The fourth-order valence-electron chi connectivity index (χ4n) is 1.04. The highest BCUT2D eigenvalue weighted by atomic mass is 16.1. The molecule has 0 bridgehead atoms. The number of hydrogen-bond acceptors (Lipinski definition) is 4. The molecule has 2 aromatic heterocycles. The molecule has 0 aliphatic carbocycles. The molecule has 6 nitrogen and oxygen atoms in total. The highest BCUT2D eigenvalue weighted by molar-refractivity contribution is 5.30. The molecular weight excluding hydrogens is 182 g/mol. The number of aromatic nitrogens is 4. The average Bonchev–Trinajstić information content (AvgIpc) is 2.69. The fourth-order valence-corrected chi connectivity index (χ4v) is 1.04. The molecular formula is C8H9N5O. The molecule has 3 N–H and O–H groups in total. The third-order valence-corrected chi connectivity index (χ3v) is 1.69. The Morgan fingerprint density at radius 1 is 1.21 bits per heavy atom. The van der Waals surface area contributed by atoms with E-state index in [1.807, 2.05) is 0 Å². The molecule has 0 spiro atoms. The summed E-state index contributed by atoms with van der Waals surface area (Å²) in [6.45, 7) is 0.451. The zero-order valence-electron chi connectivity index (χ0n) is 7.32. The molecule has 0 saturated heterocycles. The van der Waals surface area contributed by atoms with Crippen LogP contribution in [0.4, 0.5) is 5.82 Å². The van der Waals surface area contributed by atoms with E-state index in [0.29, 0.717) is 12.4 Å². The number of nitrogens with zero attached hydrogens (tertiary/aromatic N) is 2. The molecule has 2 rings (SSSR count). The summed E-state index contributed by atoms with van der Waals surface area (Å²) in [6.07, 6.45) is 6.38. The van der Waals surface area contributed by atoms with Crippen LogP contribution in [0.25, 0.3) is 0 Å². The van der Waals surface area contributed by atoms with Crippen molar-refractivity contribution in [3.05, 3.63) is 41.0 Å². The smallest absolute Gasteiger partial charge is 0.290 e. The summed E-state index contributed by atoms with van der Waals surface area (Å²) >= 11 is 0. The summed E-state index contributed by atoms with van der Waals surface area (Å²) in [7, 11) is 0. The number of H-pyrrole nitrogens is 2. The Balaban J connectivity index is 2.06. The first kappa shape index (κ1) is 8.49. The second-order valence-corrected chi connectivity index (χ2v) is 2.66. The van der Waals surface area contributed by atoms with Crippen LogP contribution >= 0.6 is 0 Å². The molecule has 14 heavy (non-hydrogen) atoms. The van der Waals surface area contributed by atoms with E-state index in [9.17, 15) is 4.79 Å². The van der Waals surface area contributed by atoms with Gasteiger partial charge in [0.1, 0.15) is 5.82 Å². The number of hydrogen-bond donors (Lipinski definition) is 3. The topological polar surface area (TPSA) is 86.5 Å². The number of rotatable bonds is 3. The first-order valence-electron chi connectivity index (χ1n) is 4.12. The fraction of sp³-hybridized carbons (Fsp3) is 0.125. The van der Waals surface area contributed by atoms with Gasteiger partial charge in [0.15, 0.2) is 5.82 Å². The van der Waals surface area contributed by atoms with E-state index in [1.54, 1.807) is 12.4 Å². The highest BCUT2D eigenvalue weighted by Crippen LogP contribution is 1.94. The van der Waals surface area contributed by atoms with Crippen molar-refractivity contribution >= 4 is 5.82 Å². The van der Waals surface area contributed by atoms with Gasteiger partial charge in [0.2, 0.25) is 0 Å². The Morgan fingerprint density at radius 2 is 2.00 bits per heavy atom. The lowest BCUT2D eigenvalue weighted by molar-refractivity contribution is 0.974. The molecule has 0 saturated carbocycles. The molecule has 2 heterocycles. The Bertz CT molecular complexity index is 447. The van der Waals surface area contributed by atoms with E-state index in [1.165, 1.54) is 12.4 Å². The summed E-state index contributed by atoms with van der Waals surface area (Å²) in [5, 5.41) is 2.87. The van der Waals surface area contributed by atoms with Crippen molar-refractivity contribution in [2.24, 2.45) is 0 Å². The Labute approximate surface area is 79.4 Å². The van der Waals surface area contributed by atoms with E-state index in [2.05, 4.69) is 25.3 Å². The van der Waals surface area contributed by atoms with Crippen molar-refractivity contribution in [1.82, 2.24) is 19.9 Å². The normalized spacial score (nSPS) is 10.0. The largest absolute Gasteiger partial charge is 0.358 e. The lowest BCUT2D eigenvalue weighted by atomic mass is 10.5. The van der Waals surface area contributed by atoms with Gasteiger partial charge in [0, 0.05) is 24.8 Å². The lowest BCUT2D eigenvalue weighted by Crippen LogP contribution is -2.15. The van der Waals surface area contributed by atoms with Gasteiger partial charge in [-0.1, -0.05) is 0 Å². The quantitative estimate of drug-likeness (QED) is 0.642. The van der Waals surface area contributed by atoms with Crippen molar-refractivity contribution in [2.75, 3.05) is 5.32 Å². The van der Waals surface area contributed by atoms with Gasteiger partial charge in [0.25, 0.3) is 5.56 Å². The molecule has 0 fully saturated rings. The minimum atomic E-state index is -0.237. The van der Waals surface area contributed by atoms with Crippen LogP contribution in [0.3, 0.4) is 0 Å². The molecule has 0 aliphatic rings. The number of anilines is 1. The van der Waals surface area contributed by atoms with Crippen LogP contribution in [0, 0.1) is 0 Å². The van der Waals surface area contributed by atoms with E-state index in [0.717, 1.165) is 5.82 Å². The first-order valence-corrected chi connectivity index (χ1v) is 4.12. The van der Waals surface area contributed by atoms with Crippen molar-refractivity contribution in [3.8, 4) is 0 Å². The van der Waals surface area contributed by atoms with Crippen LogP contribution in [-0.4, -0.2) is 19.9 Å². The van der Waals surface area contributed by atoms with Crippen LogP contribution < -0.4 is 10.9 Å². The van der Waals surface area contributed by atoms with Crippen molar-refractivity contribution in [2.45, 2.75) is 6.54 Å². The van der Waals surface area contributed by atoms with E-state index in [4.69, 9.17) is 0 Å². The van der Waals surface area contributed by atoms with Gasteiger partial charge in [-0.3, -0.25) is 4.79 Å². The molecule has 0 amide bonds. The molecule has 0 radical (unpaired) electrons. The average molecular weight is 191 g/mol. The summed E-state index contributed by atoms with van der Waals surface area (Å²) in [4.78, 5) is 24.5. The zero-order chi connectivity index (χ0) is 9.80. The molecule has 0 atom stereocenters. The number of aromatic amines is 2. The maximum absolute atomic E-state index is 11.2. The molecule has 2 aromatic rings. The minimum Gasteiger partial charge on any atom is -0.358 e. The van der Waals surface area contributed by atoms with Gasteiger partial charge in [-0.05, 0) is 0 Å². The van der Waals surface area contributed by atoms with Crippen LogP contribution in [0.1, 0.15) is 5.82 Å². The van der Waals surface area contributed by atoms with E-state index >= 15 is 0 Å². The second kappa shape index (κ2) is 3.73. The first-order chi connectivity index (χ1) is 6.86. The maximum atomic E-state index is 11.2. The molecule has 6 heteroatoms. The third-order valence-electron chi connectivity index (χ3n) is 1.69. The van der Waals surface area contributed by atoms with Gasteiger partial charge in [-0.25, -0.2) is 9.97 Å². The predicted molar refractivity (Wildman–Crippen MR) is 50.8 cm³/mol. The Kier molecular flexibility index (Phi) is 2.26. The van der Waals surface area contributed by atoms with Crippen LogP contribution in [0.15, 0.2) is 29.6 Å². The Hall–Kier alpha value is -2.11. The van der Waals surface area contributed by atoms with Crippen molar-refractivity contribution < 1.29 is 0 Å². The summed E-state index contributed by atoms with van der Waals surface area (Å²) < 4.78 is 0. The third kappa shape index (κ3) is 1.79. The molecule has 0 aromatic carbocycles. The monoisotopic (exact) mass is 191 g/mol. The Morgan fingerprint density at radius 3 is 2.71 bits per heavy atom. The van der Waals surface area contributed by atoms with E-state index < -0.39 is 0 Å². The SMILES string of the molecule is O=c1[nH]ccnc1NCc1ncc[nH]1. The number of imidazole rings is 1. The van der Waals surface area contributed by atoms with Gasteiger partial charge < -0.3 is 15.3 Å². The highest BCUT2D eigenvalue weighted by Gasteiger charge is 1.99. The zero-order valence-corrected chi connectivity index (χ0v) is 7.32. The van der Waals surface area contributed by atoms with E-state index in [-0.39, 0.29) is 5.56 Å². The van der Waals surface area contributed by atoms with Gasteiger partial charge in [-0.15, -0.1) is 0 Å². The molecule has 0 aliphatic heterocycles. The van der Waals surface area contributed by atoms with Gasteiger partial charge in [-0.2, -0.15) is 0 Å². The lowest BCUT2D eigenvalue weighted by Gasteiger charge is -2.00. The second-order valence-electron chi connectivity index (χ2n) is 2.66. The molecule has 72 valence electrons. The molecule has 0 unspecified atom stereocenters. The van der Waals surface area contributed by atoms with Crippen molar-refractivity contribution in [3.63, 3.8) is 0 Å². The van der Waals surface area contributed by atoms with Gasteiger partial charge >= 0.3 is 0 Å². The van der Waals surface area contributed by atoms with Crippen LogP contribution in [0.5, 0.6) is 0 Å². The summed E-state index contributed by atoms with van der Waals surface area (Å²) in [6, 6.07) is 0. The summed E-state index contributed by atoms with van der Waals surface area (Å²) in [5.41, 5.74) is -0.237. The predicted octanol–water partition coefficient (Wildman–Crippen LogP) is 0.105. The minimum absolute atomic E-state index is 0.237. The standard InChI is InChI=1S/C8H9N5O/c14-8-7(11-3-4-12-8)13-5-6-9-1-2-10-6/h1-4H,5H2,(H,9,10)(H,11,13)(H,12,14). The van der Waals surface area contributed by atoms with Crippen molar-refractivity contribution in [1.29, 1.82) is 0 Å². The maximum Gasteiger partial charge on any atom is 0.290 e. The van der Waals surface area contributed by atoms with Crippen LogP contribution in [-0.2, 0) is 6.54 Å². The number of nitrogens with one attached hydrogen (secondary N) is 3. The van der Waals surface area contributed by atoms with Gasteiger partial charge in [0.05, 0.1) is 6.54 Å².